The van der Waals surface area contributed by atoms with E-state index in [1.54, 1.807) is 30.3 Å². The van der Waals surface area contributed by atoms with E-state index in [9.17, 15) is 14.4 Å². The lowest BCUT2D eigenvalue weighted by Crippen LogP contribution is -2.30. The zero-order chi connectivity index (χ0) is 21.5. The number of amides is 3. The molecule has 1 aliphatic heterocycles. The number of hydrogen-bond donors (Lipinski definition) is 3. The summed E-state index contributed by atoms with van der Waals surface area (Å²) in [5, 5.41) is 5.58. The summed E-state index contributed by atoms with van der Waals surface area (Å²) in [6.45, 7) is 3.27. The molecule has 0 radical (unpaired) electrons. The Morgan fingerprint density at radius 3 is 2.30 bits per heavy atom. The van der Waals surface area contributed by atoms with Crippen molar-refractivity contribution in [3.8, 4) is 0 Å². The molecule has 0 bridgehead atoms. The van der Waals surface area contributed by atoms with Crippen LogP contribution < -0.4 is 21.3 Å². The lowest BCUT2D eigenvalue weighted by atomic mass is 10.1. The van der Waals surface area contributed by atoms with Gasteiger partial charge >= 0.3 is 0 Å². The summed E-state index contributed by atoms with van der Waals surface area (Å²) in [4.78, 5) is 37.4. The largest absolute Gasteiger partial charge is 0.370 e. The van der Waals surface area contributed by atoms with E-state index >= 15 is 0 Å². The zero-order valence-corrected chi connectivity index (χ0v) is 17.0. The van der Waals surface area contributed by atoms with Crippen LogP contribution in [0.1, 0.15) is 42.1 Å². The molecule has 2 aromatic rings. The van der Waals surface area contributed by atoms with Crippen LogP contribution in [0, 0.1) is 0 Å². The number of nitrogens with zero attached hydrogens (tertiary/aromatic N) is 1. The van der Waals surface area contributed by atoms with Crippen LogP contribution in [0.3, 0.4) is 0 Å². The van der Waals surface area contributed by atoms with E-state index in [1.165, 1.54) is 19.4 Å². The first-order valence-electron chi connectivity index (χ1n) is 9.98. The summed E-state index contributed by atoms with van der Waals surface area (Å²) in [6.07, 6.45) is 6.51. The standard InChI is InChI=1S/C23H26N4O3/c1-16(28)25-19-9-5-17(6-10-19)7-12-22(29)26-20-15-18(23(24)30)8-11-21(20)27-13-3-2-4-14-27/h5-12,15H,2-4,13-14H2,1H3,(H2,24,30)(H,25,28)(H,26,29). The maximum atomic E-state index is 12.5. The van der Waals surface area contributed by atoms with Crippen LogP contribution in [0.5, 0.6) is 0 Å². The minimum atomic E-state index is -0.537. The van der Waals surface area contributed by atoms with Gasteiger partial charge in [-0.05, 0) is 61.2 Å². The van der Waals surface area contributed by atoms with E-state index in [2.05, 4.69) is 15.5 Å². The Bertz CT molecular complexity index is 961. The molecule has 1 aliphatic rings. The highest BCUT2D eigenvalue weighted by Crippen LogP contribution is 2.29. The third kappa shape index (κ3) is 5.70. The van der Waals surface area contributed by atoms with Gasteiger partial charge in [0.15, 0.2) is 0 Å². The van der Waals surface area contributed by atoms with Crippen LogP contribution in [0.2, 0.25) is 0 Å². The van der Waals surface area contributed by atoms with E-state index < -0.39 is 5.91 Å². The van der Waals surface area contributed by atoms with Crippen molar-refractivity contribution >= 4 is 40.9 Å². The number of benzene rings is 2. The van der Waals surface area contributed by atoms with Gasteiger partial charge in [-0.3, -0.25) is 14.4 Å². The first-order chi connectivity index (χ1) is 14.4. The summed E-state index contributed by atoms with van der Waals surface area (Å²) < 4.78 is 0. The SMILES string of the molecule is CC(=O)Nc1ccc(C=CC(=O)Nc2cc(C(N)=O)ccc2N2CCCCC2)cc1. The molecule has 0 atom stereocenters. The Balaban J connectivity index is 1.74. The number of carbonyl (C=O) groups is 3. The molecule has 3 amide bonds. The van der Waals surface area contributed by atoms with Gasteiger partial charge in [-0.15, -0.1) is 0 Å². The van der Waals surface area contributed by atoms with Gasteiger partial charge in [-0.2, -0.15) is 0 Å². The molecular formula is C23H26N4O3. The molecule has 3 rings (SSSR count). The fourth-order valence-corrected chi connectivity index (χ4v) is 3.43. The zero-order valence-electron chi connectivity index (χ0n) is 17.0. The molecule has 4 N–H and O–H groups in total. The molecule has 156 valence electrons. The van der Waals surface area contributed by atoms with Crippen molar-refractivity contribution in [2.24, 2.45) is 5.73 Å². The van der Waals surface area contributed by atoms with Crippen molar-refractivity contribution in [2.45, 2.75) is 26.2 Å². The molecular weight excluding hydrogens is 380 g/mol. The highest BCUT2D eigenvalue weighted by Gasteiger charge is 2.17. The summed E-state index contributed by atoms with van der Waals surface area (Å²) in [5.41, 5.74) is 8.74. The molecule has 7 heteroatoms. The number of piperidine rings is 1. The second-order valence-electron chi connectivity index (χ2n) is 7.27. The minimum Gasteiger partial charge on any atom is -0.370 e. The number of rotatable bonds is 6. The van der Waals surface area contributed by atoms with Gasteiger partial charge in [0.2, 0.25) is 17.7 Å². The topological polar surface area (TPSA) is 105 Å². The fraction of sp³-hybridized carbons (Fsp3) is 0.261. The summed E-state index contributed by atoms with van der Waals surface area (Å²) >= 11 is 0. The first kappa shape index (κ1) is 21.1. The van der Waals surface area contributed by atoms with Gasteiger partial charge in [-0.1, -0.05) is 12.1 Å². The van der Waals surface area contributed by atoms with E-state index in [4.69, 9.17) is 5.73 Å². The minimum absolute atomic E-state index is 0.139. The van der Waals surface area contributed by atoms with E-state index in [0.717, 1.165) is 37.2 Å². The van der Waals surface area contributed by atoms with Crippen molar-refractivity contribution in [1.29, 1.82) is 0 Å². The molecule has 1 fully saturated rings. The normalized spacial score (nSPS) is 13.8. The van der Waals surface area contributed by atoms with E-state index in [1.807, 2.05) is 18.2 Å². The number of anilines is 3. The molecule has 30 heavy (non-hydrogen) atoms. The molecule has 0 aromatic heterocycles. The second kappa shape index (κ2) is 9.73. The molecule has 0 saturated carbocycles. The Labute approximate surface area is 175 Å². The molecule has 7 nitrogen and oxygen atoms in total. The monoisotopic (exact) mass is 406 g/mol. The number of primary amides is 1. The van der Waals surface area contributed by atoms with Crippen molar-refractivity contribution in [1.82, 2.24) is 0 Å². The van der Waals surface area contributed by atoms with Gasteiger partial charge in [0.05, 0.1) is 11.4 Å². The number of nitrogens with one attached hydrogen (secondary N) is 2. The van der Waals surface area contributed by atoms with E-state index in [0.29, 0.717) is 16.9 Å². The quantitative estimate of drug-likeness (QED) is 0.640. The van der Waals surface area contributed by atoms with Crippen LogP contribution in [0.25, 0.3) is 6.08 Å². The van der Waals surface area contributed by atoms with Crippen molar-refractivity contribution < 1.29 is 14.4 Å². The summed E-state index contributed by atoms with van der Waals surface area (Å²) in [5.74, 6) is -0.980. The van der Waals surface area contributed by atoms with Gasteiger partial charge in [0.25, 0.3) is 0 Å². The Kier molecular flexibility index (Phi) is 6.85. The predicted octanol–water partition coefficient (Wildman–Crippen LogP) is 3.39. The molecule has 1 saturated heterocycles. The molecule has 1 heterocycles. The van der Waals surface area contributed by atoms with E-state index in [-0.39, 0.29) is 11.8 Å². The van der Waals surface area contributed by atoms with Crippen molar-refractivity contribution in [2.75, 3.05) is 28.6 Å². The third-order valence-corrected chi connectivity index (χ3v) is 4.89. The average Bonchev–Trinajstić information content (AvgIpc) is 2.73. The first-order valence-corrected chi connectivity index (χ1v) is 9.98. The highest BCUT2D eigenvalue weighted by molar-refractivity contribution is 6.05. The van der Waals surface area contributed by atoms with Crippen LogP contribution in [0.15, 0.2) is 48.5 Å². The van der Waals surface area contributed by atoms with Crippen LogP contribution in [0.4, 0.5) is 17.1 Å². The Morgan fingerprint density at radius 1 is 0.967 bits per heavy atom. The number of hydrogen-bond acceptors (Lipinski definition) is 4. The van der Waals surface area contributed by atoms with Gasteiger partial charge in [-0.25, -0.2) is 0 Å². The lowest BCUT2D eigenvalue weighted by Gasteiger charge is -2.30. The second-order valence-corrected chi connectivity index (χ2v) is 7.27. The summed E-state index contributed by atoms with van der Waals surface area (Å²) in [6, 6.07) is 12.3. The van der Waals surface area contributed by atoms with Gasteiger partial charge in [0, 0.05) is 37.3 Å². The number of nitrogens with two attached hydrogens (primary N) is 1. The fourth-order valence-electron chi connectivity index (χ4n) is 3.43. The van der Waals surface area contributed by atoms with Crippen molar-refractivity contribution in [3.05, 3.63) is 59.7 Å². The molecule has 0 spiro atoms. The van der Waals surface area contributed by atoms with Gasteiger partial charge in [0.1, 0.15) is 0 Å². The molecule has 0 aliphatic carbocycles. The van der Waals surface area contributed by atoms with Crippen LogP contribution in [-0.2, 0) is 9.59 Å². The molecule has 0 unspecified atom stereocenters. The summed E-state index contributed by atoms with van der Waals surface area (Å²) in [7, 11) is 0. The van der Waals surface area contributed by atoms with Crippen LogP contribution >= 0.6 is 0 Å². The Morgan fingerprint density at radius 2 is 1.67 bits per heavy atom. The maximum Gasteiger partial charge on any atom is 0.248 e. The molecule has 2 aromatic carbocycles. The third-order valence-electron chi connectivity index (χ3n) is 4.89. The predicted molar refractivity (Wildman–Crippen MR) is 119 cm³/mol. The van der Waals surface area contributed by atoms with Crippen LogP contribution in [-0.4, -0.2) is 30.8 Å². The average molecular weight is 406 g/mol. The smallest absolute Gasteiger partial charge is 0.248 e. The highest BCUT2D eigenvalue weighted by atomic mass is 16.2. The van der Waals surface area contributed by atoms with Gasteiger partial charge < -0.3 is 21.3 Å². The lowest BCUT2D eigenvalue weighted by molar-refractivity contribution is -0.114. The number of carbonyl (C=O) groups excluding carboxylic acids is 3. The van der Waals surface area contributed by atoms with Crippen molar-refractivity contribution in [3.63, 3.8) is 0 Å². The maximum absolute atomic E-state index is 12.5. The Hall–Kier alpha value is -3.61.